The highest BCUT2D eigenvalue weighted by Gasteiger charge is 2.24. The van der Waals surface area contributed by atoms with E-state index in [0.29, 0.717) is 12.1 Å². The van der Waals surface area contributed by atoms with Crippen molar-refractivity contribution in [3.8, 4) is 0 Å². The zero-order valence-electron chi connectivity index (χ0n) is 12.6. The first-order chi connectivity index (χ1) is 9.20. The number of thiophene rings is 1. The van der Waals surface area contributed by atoms with Gasteiger partial charge in [0, 0.05) is 17.0 Å². The molecule has 1 saturated heterocycles. The van der Waals surface area contributed by atoms with Gasteiger partial charge in [-0.3, -0.25) is 0 Å². The van der Waals surface area contributed by atoms with Crippen LogP contribution in [0.5, 0.6) is 0 Å². The van der Waals surface area contributed by atoms with E-state index in [1.54, 1.807) is 0 Å². The number of nitrogens with one attached hydrogen (secondary N) is 1. The van der Waals surface area contributed by atoms with Crippen LogP contribution in [0, 0.1) is 5.92 Å². The van der Waals surface area contributed by atoms with Crippen molar-refractivity contribution >= 4 is 11.3 Å². The second kappa shape index (κ2) is 7.41. The highest BCUT2D eigenvalue weighted by molar-refractivity contribution is 7.10. The molecule has 1 aromatic heterocycles. The Labute approximate surface area is 122 Å². The fourth-order valence-corrected chi connectivity index (χ4v) is 3.89. The van der Waals surface area contributed by atoms with Crippen LogP contribution in [-0.4, -0.2) is 30.6 Å². The zero-order chi connectivity index (χ0) is 13.7. The van der Waals surface area contributed by atoms with Gasteiger partial charge in [0.25, 0.3) is 0 Å². The van der Waals surface area contributed by atoms with Crippen LogP contribution in [0.1, 0.15) is 51.0 Å². The summed E-state index contributed by atoms with van der Waals surface area (Å²) in [6.07, 6.45) is 3.99. The average Bonchev–Trinajstić information content (AvgIpc) is 2.94. The molecule has 0 spiro atoms. The maximum atomic E-state index is 3.79. The van der Waals surface area contributed by atoms with Crippen molar-refractivity contribution in [1.29, 1.82) is 0 Å². The van der Waals surface area contributed by atoms with Crippen molar-refractivity contribution in [1.82, 2.24) is 10.2 Å². The Kier molecular flexibility index (Phi) is 5.86. The van der Waals surface area contributed by atoms with Crippen LogP contribution in [0.3, 0.4) is 0 Å². The van der Waals surface area contributed by atoms with E-state index in [2.05, 4.69) is 48.5 Å². The van der Waals surface area contributed by atoms with Gasteiger partial charge in [0.1, 0.15) is 0 Å². The Hall–Kier alpha value is -0.380. The van der Waals surface area contributed by atoms with Crippen molar-refractivity contribution in [2.75, 3.05) is 19.6 Å². The molecule has 0 aliphatic carbocycles. The number of nitrogens with zero attached hydrogens (tertiary/aromatic N) is 1. The molecule has 0 aromatic carbocycles. The first-order valence-corrected chi connectivity index (χ1v) is 8.60. The summed E-state index contributed by atoms with van der Waals surface area (Å²) in [7, 11) is 0. The van der Waals surface area contributed by atoms with E-state index < -0.39 is 0 Å². The first-order valence-electron chi connectivity index (χ1n) is 7.72. The molecular weight excluding hydrogens is 252 g/mol. The van der Waals surface area contributed by atoms with Crippen molar-refractivity contribution in [2.24, 2.45) is 5.92 Å². The normalized spacial score (nSPS) is 21.4. The predicted octanol–water partition coefficient (Wildman–Crippen LogP) is 3.91. The van der Waals surface area contributed by atoms with Gasteiger partial charge in [-0.2, -0.15) is 0 Å². The van der Waals surface area contributed by atoms with Gasteiger partial charge in [-0.15, -0.1) is 11.3 Å². The Balaban J connectivity index is 1.76. The summed E-state index contributed by atoms with van der Waals surface area (Å²) in [4.78, 5) is 4.07. The van der Waals surface area contributed by atoms with Crippen molar-refractivity contribution in [3.05, 3.63) is 22.4 Å². The van der Waals surface area contributed by atoms with Crippen LogP contribution >= 0.6 is 11.3 Å². The van der Waals surface area contributed by atoms with Crippen LogP contribution in [0.2, 0.25) is 0 Å². The molecule has 0 bridgehead atoms. The van der Waals surface area contributed by atoms with Gasteiger partial charge in [0.15, 0.2) is 0 Å². The zero-order valence-corrected chi connectivity index (χ0v) is 13.4. The molecule has 0 radical (unpaired) electrons. The molecule has 108 valence electrons. The smallest absolute Gasteiger partial charge is 0.0388 e. The van der Waals surface area contributed by atoms with Crippen LogP contribution in [0.25, 0.3) is 0 Å². The molecule has 1 N–H and O–H groups in total. The topological polar surface area (TPSA) is 15.3 Å². The van der Waals surface area contributed by atoms with Gasteiger partial charge in [-0.25, -0.2) is 0 Å². The lowest BCUT2D eigenvalue weighted by atomic mass is 9.90. The summed E-state index contributed by atoms with van der Waals surface area (Å²) in [6.45, 7) is 10.8. The van der Waals surface area contributed by atoms with Crippen molar-refractivity contribution in [3.63, 3.8) is 0 Å². The molecule has 1 aliphatic heterocycles. The molecule has 2 atom stereocenters. The second-order valence-corrected chi connectivity index (χ2v) is 6.85. The minimum absolute atomic E-state index is 0.490. The number of hydrogen-bond acceptors (Lipinski definition) is 3. The summed E-state index contributed by atoms with van der Waals surface area (Å²) in [5, 5.41) is 5.96. The van der Waals surface area contributed by atoms with E-state index >= 15 is 0 Å². The van der Waals surface area contributed by atoms with E-state index in [4.69, 9.17) is 0 Å². The SMILES string of the molecule is CCCN1CCC(C(C)N[C@@H](C)c2cccs2)CC1. The minimum Gasteiger partial charge on any atom is -0.307 e. The van der Waals surface area contributed by atoms with E-state index in [1.165, 1.54) is 43.8 Å². The number of piperidine rings is 1. The minimum atomic E-state index is 0.490. The highest BCUT2D eigenvalue weighted by atomic mass is 32.1. The van der Waals surface area contributed by atoms with Gasteiger partial charge >= 0.3 is 0 Å². The Morgan fingerprint density at radius 2 is 2.11 bits per heavy atom. The lowest BCUT2D eigenvalue weighted by Gasteiger charge is -2.36. The first kappa shape index (κ1) is 15.0. The van der Waals surface area contributed by atoms with E-state index in [9.17, 15) is 0 Å². The molecular formula is C16H28N2S. The summed E-state index contributed by atoms with van der Waals surface area (Å²) in [6, 6.07) is 5.50. The molecule has 0 amide bonds. The average molecular weight is 280 g/mol. The molecule has 3 heteroatoms. The molecule has 0 saturated carbocycles. The van der Waals surface area contributed by atoms with Crippen molar-refractivity contribution in [2.45, 2.75) is 52.1 Å². The van der Waals surface area contributed by atoms with Gasteiger partial charge in [-0.1, -0.05) is 13.0 Å². The predicted molar refractivity (Wildman–Crippen MR) is 84.8 cm³/mol. The van der Waals surface area contributed by atoms with Gasteiger partial charge in [-0.05, 0) is 70.1 Å². The van der Waals surface area contributed by atoms with Crippen molar-refractivity contribution < 1.29 is 0 Å². The Morgan fingerprint density at radius 3 is 2.68 bits per heavy atom. The van der Waals surface area contributed by atoms with Gasteiger partial charge in [0.2, 0.25) is 0 Å². The third kappa shape index (κ3) is 4.30. The largest absolute Gasteiger partial charge is 0.307 e. The fraction of sp³-hybridized carbons (Fsp3) is 0.750. The van der Waals surface area contributed by atoms with E-state index in [-0.39, 0.29) is 0 Å². The van der Waals surface area contributed by atoms with Gasteiger partial charge in [0.05, 0.1) is 0 Å². The molecule has 1 unspecified atom stereocenters. The highest BCUT2D eigenvalue weighted by Crippen LogP contribution is 2.24. The molecule has 1 aromatic rings. The maximum Gasteiger partial charge on any atom is 0.0388 e. The Morgan fingerprint density at radius 1 is 1.37 bits per heavy atom. The summed E-state index contributed by atoms with van der Waals surface area (Å²) in [5.74, 6) is 0.843. The summed E-state index contributed by atoms with van der Waals surface area (Å²) >= 11 is 1.86. The van der Waals surface area contributed by atoms with Crippen LogP contribution in [0.4, 0.5) is 0 Å². The third-order valence-corrected chi connectivity index (χ3v) is 5.42. The molecule has 2 rings (SSSR count). The molecule has 1 aliphatic rings. The van der Waals surface area contributed by atoms with Crippen LogP contribution in [-0.2, 0) is 0 Å². The monoisotopic (exact) mass is 280 g/mol. The number of hydrogen-bond donors (Lipinski definition) is 1. The molecule has 2 nitrogen and oxygen atoms in total. The second-order valence-electron chi connectivity index (χ2n) is 5.87. The lowest BCUT2D eigenvalue weighted by Crippen LogP contribution is -2.42. The molecule has 1 fully saturated rings. The quantitative estimate of drug-likeness (QED) is 0.850. The third-order valence-electron chi connectivity index (χ3n) is 4.36. The number of likely N-dealkylation sites (tertiary alicyclic amines) is 1. The van der Waals surface area contributed by atoms with E-state index in [1.807, 2.05) is 11.3 Å². The Bertz CT molecular complexity index is 342. The molecule has 2 heterocycles. The van der Waals surface area contributed by atoms with Gasteiger partial charge < -0.3 is 10.2 Å². The summed E-state index contributed by atoms with van der Waals surface area (Å²) in [5.41, 5.74) is 0. The fourth-order valence-electron chi connectivity index (χ4n) is 3.14. The van der Waals surface area contributed by atoms with Crippen LogP contribution < -0.4 is 5.32 Å². The molecule has 19 heavy (non-hydrogen) atoms. The van der Waals surface area contributed by atoms with Crippen LogP contribution in [0.15, 0.2) is 17.5 Å². The number of rotatable bonds is 6. The summed E-state index contributed by atoms with van der Waals surface area (Å²) < 4.78 is 0. The van der Waals surface area contributed by atoms with E-state index in [0.717, 1.165) is 5.92 Å². The maximum absolute atomic E-state index is 3.79. The standard InChI is InChI=1S/C16H28N2S/c1-4-9-18-10-7-15(8-11-18)13(2)17-14(3)16-6-5-12-19-16/h5-6,12-15,17H,4,7-11H2,1-3H3/t13?,14-/m0/s1. The lowest BCUT2D eigenvalue weighted by molar-refractivity contribution is 0.159.